The van der Waals surface area contributed by atoms with E-state index >= 15 is 0 Å². The number of aromatic nitrogens is 5. The largest absolute Gasteiger partial charge is 0.309 e. The molecule has 0 saturated heterocycles. The number of fused-ring (bicyclic) bond motifs is 1. The van der Waals surface area contributed by atoms with Crippen LogP contribution in [0.5, 0.6) is 0 Å². The van der Waals surface area contributed by atoms with Gasteiger partial charge in [0.15, 0.2) is 0 Å². The van der Waals surface area contributed by atoms with Gasteiger partial charge in [0.1, 0.15) is 11.6 Å². The first kappa shape index (κ1) is 16.3. The molecule has 1 aromatic carbocycles. The number of nitrogens with one attached hydrogen (secondary N) is 2. The predicted molar refractivity (Wildman–Crippen MR) is 98.7 cm³/mol. The zero-order valence-electron chi connectivity index (χ0n) is 14.2. The van der Waals surface area contributed by atoms with Gasteiger partial charge in [-0.1, -0.05) is 49.6 Å². The van der Waals surface area contributed by atoms with Crippen LogP contribution in [0.4, 0.5) is 0 Å². The van der Waals surface area contributed by atoms with Crippen molar-refractivity contribution in [3.05, 3.63) is 46.3 Å². The molecule has 2 N–H and O–H groups in total. The Labute approximate surface area is 149 Å². The fourth-order valence-electron chi connectivity index (χ4n) is 3.42. The molecule has 0 aliphatic heterocycles. The van der Waals surface area contributed by atoms with Crippen LogP contribution in [0, 0.1) is 5.92 Å². The molecule has 0 unspecified atom stereocenters. The third-order valence-corrected chi connectivity index (χ3v) is 5.74. The van der Waals surface area contributed by atoms with Gasteiger partial charge in [-0.3, -0.25) is 9.89 Å². The first-order valence-corrected chi connectivity index (χ1v) is 9.64. The summed E-state index contributed by atoms with van der Waals surface area (Å²) < 4.78 is 0. The van der Waals surface area contributed by atoms with Gasteiger partial charge in [0.2, 0.25) is 5.16 Å². The van der Waals surface area contributed by atoms with Crippen LogP contribution in [0.25, 0.3) is 10.9 Å². The second-order valence-electron chi connectivity index (χ2n) is 6.65. The van der Waals surface area contributed by atoms with Crippen molar-refractivity contribution >= 4 is 22.7 Å². The van der Waals surface area contributed by atoms with E-state index in [1.807, 2.05) is 25.1 Å². The second kappa shape index (κ2) is 7.00. The molecule has 7 heteroatoms. The molecule has 3 aromatic rings. The van der Waals surface area contributed by atoms with Crippen molar-refractivity contribution in [2.75, 3.05) is 0 Å². The summed E-state index contributed by atoms with van der Waals surface area (Å²) in [5, 5.41) is 8.65. The molecule has 1 atom stereocenters. The van der Waals surface area contributed by atoms with Gasteiger partial charge < -0.3 is 4.98 Å². The van der Waals surface area contributed by atoms with Crippen molar-refractivity contribution < 1.29 is 0 Å². The lowest BCUT2D eigenvalue weighted by molar-refractivity contribution is 0.531. The zero-order valence-corrected chi connectivity index (χ0v) is 15.0. The van der Waals surface area contributed by atoms with E-state index in [2.05, 4.69) is 25.1 Å². The Hall–Kier alpha value is -2.15. The first-order valence-electron chi connectivity index (χ1n) is 8.76. The van der Waals surface area contributed by atoms with Gasteiger partial charge >= 0.3 is 0 Å². The number of aromatic amines is 2. The van der Waals surface area contributed by atoms with E-state index in [4.69, 9.17) is 0 Å². The van der Waals surface area contributed by atoms with Crippen molar-refractivity contribution in [3.63, 3.8) is 0 Å². The highest BCUT2D eigenvalue weighted by atomic mass is 32.2. The van der Waals surface area contributed by atoms with Crippen molar-refractivity contribution in [3.8, 4) is 0 Å². The Morgan fingerprint density at radius 2 is 2.04 bits per heavy atom. The Kier molecular flexibility index (Phi) is 4.57. The summed E-state index contributed by atoms with van der Waals surface area (Å²) in [5.74, 6) is 2.35. The molecule has 0 amide bonds. The molecule has 4 rings (SSSR count). The molecule has 25 heavy (non-hydrogen) atoms. The summed E-state index contributed by atoms with van der Waals surface area (Å²) in [4.78, 5) is 24.3. The van der Waals surface area contributed by atoms with E-state index in [0.29, 0.717) is 21.9 Å². The molecular weight excluding hydrogens is 334 g/mol. The monoisotopic (exact) mass is 355 g/mol. The number of benzene rings is 1. The molecule has 0 spiro atoms. The number of para-hydroxylation sites is 1. The molecule has 2 aromatic heterocycles. The van der Waals surface area contributed by atoms with Gasteiger partial charge in [0, 0.05) is 6.42 Å². The van der Waals surface area contributed by atoms with Gasteiger partial charge in [0.25, 0.3) is 5.56 Å². The van der Waals surface area contributed by atoms with Gasteiger partial charge in [-0.05, 0) is 25.0 Å². The maximum absolute atomic E-state index is 12.2. The molecule has 0 radical (unpaired) electrons. The number of H-pyrrole nitrogens is 2. The summed E-state index contributed by atoms with van der Waals surface area (Å²) in [6, 6.07) is 7.38. The van der Waals surface area contributed by atoms with Crippen LogP contribution in [0.15, 0.2) is 34.2 Å². The molecule has 1 saturated carbocycles. The lowest BCUT2D eigenvalue weighted by Crippen LogP contribution is -2.12. The number of thioether (sulfide) groups is 1. The van der Waals surface area contributed by atoms with Gasteiger partial charge in [-0.2, -0.15) is 0 Å². The lowest BCUT2D eigenvalue weighted by Gasteiger charge is -2.08. The Balaban J connectivity index is 1.49. The van der Waals surface area contributed by atoms with E-state index in [9.17, 15) is 4.79 Å². The van der Waals surface area contributed by atoms with Crippen molar-refractivity contribution in [1.29, 1.82) is 0 Å². The SMILES string of the molecule is C[C@H](Sc1n[nH]c(CC2CCCC2)n1)c1nc2ccccc2c(=O)[nH]1. The minimum absolute atomic E-state index is 0.0348. The smallest absolute Gasteiger partial charge is 0.258 e. The summed E-state index contributed by atoms with van der Waals surface area (Å²) >= 11 is 1.51. The summed E-state index contributed by atoms with van der Waals surface area (Å²) in [7, 11) is 0. The lowest BCUT2D eigenvalue weighted by atomic mass is 10.0. The Morgan fingerprint density at radius 1 is 1.24 bits per heavy atom. The number of nitrogens with zero attached hydrogens (tertiary/aromatic N) is 3. The first-order chi connectivity index (χ1) is 12.2. The molecule has 6 nitrogen and oxygen atoms in total. The van der Waals surface area contributed by atoms with Crippen molar-refractivity contribution in [2.45, 2.75) is 49.4 Å². The fourth-order valence-corrected chi connectivity index (χ4v) is 4.22. The van der Waals surface area contributed by atoms with Crippen LogP contribution < -0.4 is 5.56 Å². The fraction of sp³-hybridized carbons (Fsp3) is 0.444. The number of hydrogen-bond donors (Lipinski definition) is 2. The third-order valence-electron chi connectivity index (χ3n) is 4.77. The van der Waals surface area contributed by atoms with E-state index in [0.717, 1.165) is 18.2 Å². The number of rotatable bonds is 5. The van der Waals surface area contributed by atoms with Gasteiger partial charge in [-0.15, -0.1) is 5.10 Å². The van der Waals surface area contributed by atoms with Crippen LogP contribution in [0.2, 0.25) is 0 Å². The normalized spacial score (nSPS) is 16.5. The van der Waals surface area contributed by atoms with Crippen molar-refractivity contribution in [2.24, 2.45) is 5.92 Å². The average Bonchev–Trinajstić information content (AvgIpc) is 3.27. The molecule has 1 fully saturated rings. The minimum atomic E-state index is -0.107. The highest BCUT2D eigenvalue weighted by Crippen LogP contribution is 2.32. The predicted octanol–water partition coefficient (Wildman–Crippen LogP) is 3.63. The van der Waals surface area contributed by atoms with Crippen LogP contribution in [-0.2, 0) is 6.42 Å². The minimum Gasteiger partial charge on any atom is -0.309 e. The van der Waals surface area contributed by atoms with Crippen LogP contribution in [0.3, 0.4) is 0 Å². The quantitative estimate of drug-likeness (QED) is 0.683. The summed E-state index contributed by atoms with van der Waals surface area (Å²) in [5.41, 5.74) is 0.607. The topological polar surface area (TPSA) is 87.3 Å². The molecule has 130 valence electrons. The van der Waals surface area contributed by atoms with E-state index in [-0.39, 0.29) is 10.8 Å². The van der Waals surface area contributed by atoms with Crippen LogP contribution in [-0.4, -0.2) is 25.1 Å². The average molecular weight is 355 g/mol. The van der Waals surface area contributed by atoms with Crippen molar-refractivity contribution in [1.82, 2.24) is 25.1 Å². The highest BCUT2D eigenvalue weighted by Gasteiger charge is 2.19. The maximum Gasteiger partial charge on any atom is 0.258 e. The molecule has 2 heterocycles. The Bertz CT molecular complexity index is 928. The Morgan fingerprint density at radius 3 is 2.88 bits per heavy atom. The van der Waals surface area contributed by atoms with Gasteiger partial charge in [0.05, 0.1) is 16.2 Å². The summed E-state index contributed by atoms with van der Waals surface area (Å²) in [6.07, 6.45) is 6.23. The summed E-state index contributed by atoms with van der Waals surface area (Å²) in [6.45, 7) is 2.00. The van der Waals surface area contributed by atoms with Crippen LogP contribution in [0.1, 0.15) is 49.5 Å². The van der Waals surface area contributed by atoms with Gasteiger partial charge in [-0.25, -0.2) is 9.97 Å². The molecule has 1 aliphatic carbocycles. The van der Waals surface area contributed by atoms with E-state index in [1.165, 1.54) is 37.4 Å². The second-order valence-corrected chi connectivity index (χ2v) is 7.96. The standard InChI is InChI=1S/C18H21N5OS/c1-11(16-19-14-9-5-4-8-13(14)17(24)21-16)25-18-20-15(22-23-18)10-12-6-2-3-7-12/h4-5,8-9,11-12H,2-3,6-7,10H2,1H3,(H,19,21,24)(H,20,22,23)/t11-/m0/s1. The molecular formula is C18H21N5OS. The molecule has 1 aliphatic rings. The van der Waals surface area contributed by atoms with Crippen LogP contribution >= 0.6 is 11.8 Å². The zero-order chi connectivity index (χ0) is 17.2. The highest BCUT2D eigenvalue weighted by molar-refractivity contribution is 7.99. The number of hydrogen-bond acceptors (Lipinski definition) is 5. The third kappa shape index (κ3) is 3.61. The maximum atomic E-state index is 12.2. The van der Waals surface area contributed by atoms with E-state index in [1.54, 1.807) is 6.07 Å². The van der Waals surface area contributed by atoms with E-state index < -0.39 is 0 Å². The molecule has 0 bridgehead atoms.